The van der Waals surface area contributed by atoms with E-state index >= 15 is 0 Å². The molecule has 0 saturated heterocycles. The normalized spacial score (nSPS) is 12.3. The minimum atomic E-state index is -0.759. The molecular weight excluding hydrogens is 220 g/mol. The standard InChI is InChI=1S/C11H18N4O2/c1-10(2,11(3,4)12)9(17)13-7-5-6-8(16)15-14-7/h5-6H,12H2,1-4H3,(H,15,16)(H,13,14,17). The smallest absolute Gasteiger partial charge is 0.264 e. The first-order valence-corrected chi connectivity index (χ1v) is 5.30. The number of hydrogen-bond acceptors (Lipinski definition) is 4. The minimum absolute atomic E-state index is 0.246. The molecule has 1 aromatic rings. The molecule has 1 amide bonds. The number of H-pyrrole nitrogens is 1. The monoisotopic (exact) mass is 238 g/mol. The Kier molecular flexibility index (Phi) is 3.38. The highest BCUT2D eigenvalue weighted by Gasteiger charge is 2.40. The molecule has 6 nitrogen and oxygen atoms in total. The Morgan fingerprint density at radius 3 is 2.35 bits per heavy atom. The van der Waals surface area contributed by atoms with Crippen molar-refractivity contribution in [1.29, 1.82) is 0 Å². The maximum Gasteiger partial charge on any atom is 0.264 e. The Labute approximate surface area is 99.6 Å². The summed E-state index contributed by atoms with van der Waals surface area (Å²) in [4.78, 5) is 22.9. The molecule has 0 aromatic carbocycles. The van der Waals surface area contributed by atoms with Gasteiger partial charge in [-0.05, 0) is 33.8 Å². The molecule has 17 heavy (non-hydrogen) atoms. The summed E-state index contributed by atoms with van der Waals surface area (Å²) in [6.45, 7) is 7.09. The molecule has 0 unspecified atom stereocenters. The lowest BCUT2D eigenvalue weighted by atomic mass is 9.74. The second kappa shape index (κ2) is 4.29. The summed E-state index contributed by atoms with van der Waals surface area (Å²) in [5.41, 5.74) is 4.21. The summed E-state index contributed by atoms with van der Waals surface area (Å²) in [7, 11) is 0. The number of nitrogens with two attached hydrogens (primary N) is 1. The molecule has 0 radical (unpaired) electrons. The van der Waals surface area contributed by atoms with Gasteiger partial charge in [-0.2, -0.15) is 5.10 Å². The zero-order chi connectivity index (χ0) is 13.3. The largest absolute Gasteiger partial charge is 0.325 e. The first-order chi connectivity index (χ1) is 7.64. The highest BCUT2D eigenvalue weighted by Crippen LogP contribution is 2.29. The van der Waals surface area contributed by atoms with Crippen molar-refractivity contribution in [3.05, 3.63) is 22.5 Å². The third-order valence-electron chi connectivity index (χ3n) is 3.10. The van der Waals surface area contributed by atoms with Gasteiger partial charge in [0.25, 0.3) is 5.56 Å². The van der Waals surface area contributed by atoms with Crippen molar-refractivity contribution in [2.24, 2.45) is 11.1 Å². The number of hydrogen-bond donors (Lipinski definition) is 3. The number of carbonyl (C=O) groups excluding carboxylic acids is 1. The molecule has 0 spiro atoms. The lowest BCUT2D eigenvalue weighted by Gasteiger charge is -2.36. The molecule has 1 rings (SSSR count). The van der Waals surface area contributed by atoms with Gasteiger partial charge in [-0.25, -0.2) is 5.10 Å². The Balaban J connectivity index is 2.86. The Bertz CT molecular complexity index is 451. The van der Waals surface area contributed by atoms with Crippen LogP contribution in [0.5, 0.6) is 0 Å². The van der Waals surface area contributed by atoms with Crippen LogP contribution in [0.15, 0.2) is 16.9 Å². The van der Waals surface area contributed by atoms with Gasteiger partial charge < -0.3 is 11.1 Å². The average molecular weight is 238 g/mol. The summed E-state index contributed by atoms with van der Waals surface area (Å²) in [5, 5.41) is 8.56. The van der Waals surface area contributed by atoms with Gasteiger partial charge in [-0.15, -0.1) is 0 Å². The van der Waals surface area contributed by atoms with Gasteiger partial charge >= 0.3 is 0 Å². The number of aromatic nitrogens is 2. The number of nitrogens with one attached hydrogen (secondary N) is 2. The van der Waals surface area contributed by atoms with E-state index in [1.54, 1.807) is 27.7 Å². The van der Waals surface area contributed by atoms with Crippen LogP contribution >= 0.6 is 0 Å². The molecule has 0 aliphatic heterocycles. The zero-order valence-corrected chi connectivity index (χ0v) is 10.5. The van der Waals surface area contributed by atoms with E-state index in [2.05, 4.69) is 15.5 Å². The molecule has 6 heteroatoms. The highest BCUT2D eigenvalue weighted by molar-refractivity contribution is 5.94. The van der Waals surface area contributed by atoms with Crippen LogP contribution in [0.4, 0.5) is 5.82 Å². The Hall–Kier alpha value is -1.69. The molecule has 1 aromatic heterocycles. The van der Waals surface area contributed by atoms with Gasteiger partial charge in [0.15, 0.2) is 5.82 Å². The molecular formula is C11H18N4O2. The predicted octanol–water partition coefficient (Wildman–Crippen LogP) is 0.472. The van der Waals surface area contributed by atoms with Crippen molar-refractivity contribution in [2.75, 3.05) is 5.32 Å². The topological polar surface area (TPSA) is 101 Å². The van der Waals surface area contributed by atoms with Crippen LogP contribution in [0.1, 0.15) is 27.7 Å². The van der Waals surface area contributed by atoms with E-state index in [-0.39, 0.29) is 11.5 Å². The number of carbonyl (C=O) groups is 1. The number of aromatic amines is 1. The lowest BCUT2D eigenvalue weighted by Crippen LogP contribution is -2.53. The van der Waals surface area contributed by atoms with Gasteiger partial charge in [-0.1, -0.05) is 0 Å². The van der Waals surface area contributed by atoms with Crippen molar-refractivity contribution < 1.29 is 4.79 Å². The molecule has 0 aliphatic rings. The summed E-state index contributed by atoms with van der Waals surface area (Å²) < 4.78 is 0. The molecule has 0 fully saturated rings. The van der Waals surface area contributed by atoms with E-state index in [1.165, 1.54) is 12.1 Å². The van der Waals surface area contributed by atoms with Gasteiger partial charge in [0.2, 0.25) is 5.91 Å². The SMILES string of the molecule is CC(C)(N)C(C)(C)C(=O)Nc1ccc(=O)[nH]n1. The van der Waals surface area contributed by atoms with Crippen LogP contribution in [0.2, 0.25) is 0 Å². The average Bonchev–Trinajstić information content (AvgIpc) is 2.19. The summed E-state index contributed by atoms with van der Waals surface area (Å²) >= 11 is 0. The van der Waals surface area contributed by atoms with Gasteiger partial charge in [-0.3, -0.25) is 9.59 Å². The maximum absolute atomic E-state index is 12.0. The van der Waals surface area contributed by atoms with Crippen LogP contribution in [0.25, 0.3) is 0 Å². The van der Waals surface area contributed by atoms with E-state index in [0.29, 0.717) is 5.82 Å². The summed E-state index contributed by atoms with van der Waals surface area (Å²) in [6, 6.07) is 2.74. The second-order valence-corrected chi connectivity index (χ2v) is 5.11. The molecule has 0 bridgehead atoms. The van der Waals surface area contributed by atoms with Gasteiger partial charge in [0.05, 0.1) is 5.41 Å². The number of rotatable bonds is 3. The fourth-order valence-corrected chi connectivity index (χ4v) is 0.979. The number of anilines is 1. The number of amides is 1. The fraction of sp³-hybridized carbons (Fsp3) is 0.545. The second-order valence-electron chi connectivity index (χ2n) is 5.11. The molecule has 0 atom stereocenters. The molecule has 4 N–H and O–H groups in total. The molecule has 0 aliphatic carbocycles. The predicted molar refractivity (Wildman–Crippen MR) is 65.5 cm³/mol. The highest BCUT2D eigenvalue weighted by atomic mass is 16.2. The van der Waals surface area contributed by atoms with E-state index < -0.39 is 11.0 Å². The first kappa shape index (κ1) is 13.4. The zero-order valence-electron chi connectivity index (χ0n) is 10.5. The van der Waals surface area contributed by atoms with Crippen LogP contribution in [-0.2, 0) is 4.79 Å². The third kappa shape index (κ3) is 2.91. The van der Waals surface area contributed by atoms with Crippen molar-refractivity contribution in [2.45, 2.75) is 33.2 Å². The van der Waals surface area contributed by atoms with Gasteiger partial charge in [0.1, 0.15) is 0 Å². The quantitative estimate of drug-likeness (QED) is 0.712. The van der Waals surface area contributed by atoms with Crippen molar-refractivity contribution in [3.63, 3.8) is 0 Å². The fourth-order valence-electron chi connectivity index (χ4n) is 0.979. The Morgan fingerprint density at radius 2 is 1.94 bits per heavy atom. The van der Waals surface area contributed by atoms with Crippen LogP contribution in [-0.4, -0.2) is 21.6 Å². The lowest BCUT2D eigenvalue weighted by molar-refractivity contribution is -0.126. The van der Waals surface area contributed by atoms with Crippen LogP contribution in [0.3, 0.4) is 0 Å². The molecule has 1 heterocycles. The maximum atomic E-state index is 12.0. The first-order valence-electron chi connectivity index (χ1n) is 5.30. The van der Waals surface area contributed by atoms with Crippen molar-refractivity contribution in [3.8, 4) is 0 Å². The number of nitrogens with zero attached hydrogens (tertiary/aromatic N) is 1. The molecule has 94 valence electrons. The van der Waals surface area contributed by atoms with E-state index in [1.807, 2.05) is 0 Å². The van der Waals surface area contributed by atoms with E-state index in [0.717, 1.165) is 0 Å². The van der Waals surface area contributed by atoms with E-state index in [4.69, 9.17) is 5.73 Å². The summed E-state index contributed by atoms with van der Waals surface area (Å²) in [5.74, 6) is 0.0523. The molecule has 0 saturated carbocycles. The van der Waals surface area contributed by atoms with E-state index in [9.17, 15) is 9.59 Å². The van der Waals surface area contributed by atoms with Gasteiger partial charge in [0, 0.05) is 11.6 Å². The van der Waals surface area contributed by atoms with Crippen molar-refractivity contribution in [1.82, 2.24) is 10.2 Å². The van der Waals surface area contributed by atoms with Crippen molar-refractivity contribution >= 4 is 11.7 Å². The minimum Gasteiger partial charge on any atom is -0.325 e. The van der Waals surface area contributed by atoms with Crippen LogP contribution < -0.4 is 16.6 Å². The van der Waals surface area contributed by atoms with Crippen LogP contribution in [0, 0.1) is 5.41 Å². The third-order valence-corrected chi connectivity index (χ3v) is 3.10. The summed E-state index contributed by atoms with van der Waals surface area (Å²) in [6.07, 6.45) is 0. The Morgan fingerprint density at radius 1 is 1.35 bits per heavy atom.